The quantitative estimate of drug-likeness (QED) is 0.651. The molecule has 1 aliphatic carbocycles. The van der Waals surface area contributed by atoms with Crippen LogP contribution >= 0.6 is 0 Å². The van der Waals surface area contributed by atoms with E-state index in [1.807, 2.05) is 0 Å². The summed E-state index contributed by atoms with van der Waals surface area (Å²) in [5, 5.41) is 17.7. The van der Waals surface area contributed by atoms with E-state index >= 15 is 0 Å². The Morgan fingerprint density at radius 2 is 2.21 bits per heavy atom. The van der Waals surface area contributed by atoms with Crippen LogP contribution in [0.1, 0.15) is 6.42 Å². The smallest absolute Gasteiger partial charge is 0.307 e. The van der Waals surface area contributed by atoms with Crippen molar-refractivity contribution in [3.63, 3.8) is 0 Å². The number of aliphatic carboxylic acids is 1. The molecule has 8 heteroatoms. The fourth-order valence-corrected chi connectivity index (χ4v) is 1.73. The van der Waals surface area contributed by atoms with Gasteiger partial charge in [0.05, 0.1) is 23.7 Å². The van der Waals surface area contributed by atoms with Crippen LogP contribution in [0.2, 0.25) is 0 Å². The van der Waals surface area contributed by atoms with Gasteiger partial charge in [-0.1, -0.05) is 0 Å². The molecular formula is C11H14N4O4. The molecule has 0 aliphatic heterocycles. The molecule has 0 saturated heterocycles. The molecule has 2 atom stereocenters. The summed E-state index contributed by atoms with van der Waals surface area (Å²) in [5.41, 5.74) is 0.449. The van der Waals surface area contributed by atoms with Crippen LogP contribution in [-0.4, -0.2) is 39.7 Å². The molecule has 2 rings (SSSR count). The summed E-state index contributed by atoms with van der Waals surface area (Å²) >= 11 is 0. The Bertz CT molecular complexity index is 525. The Hall–Kier alpha value is -2.38. The first-order valence-electron chi connectivity index (χ1n) is 5.78. The zero-order valence-electron chi connectivity index (χ0n) is 10.3. The summed E-state index contributed by atoms with van der Waals surface area (Å²) in [7, 11) is 1.52. The third kappa shape index (κ3) is 3.09. The van der Waals surface area contributed by atoms with Crippen molar-refractivity contribution in [2.24, 2.45) is 11.8 Å². The van der Waals surface area contributed by atoms with E-state index in [-0.39, 0.29) is 18.4 Å². The van der Waals surface area contributed by atoms with Gasteiger partial charge >= 0.3 is 5.97 Å². The van der Waals surface area contributed by atoms with Crippen LogP contribution in [0.15, 0.2) is 12.4 Å². The van der Waals surface area contributed by atoms with Crippen LogP contribution in [0.5, 0.6) is 0 Å². The second kappa shape index (κ2) is 5.09. The maximum absolute atomic E-state index is 11.7. The standard InChI is InChI=1S/C11H14N4O4/c1-12-9(16)5-15-4-6(3-13-15)14-10(17)7-2-8(7)11(18)19/h3-4,7-8H,2,5H2,1H3,(H,12,16)(H,14,17)(H,18,19)/t7-,8+/m1/s1. The lowest BCUT2D eigenvalue weighted by molar-refractivity contribution is -0.139. The van der Waals surface area contributed by atoms with Crippen molar-refractivity contribution < 1.29 is 19.5 Å². The molecule has 1 aromatic rings. The Labute approximate surface area is 108 Å². The number of amides is 2. The molecule has 0 unspecified atom stereocenters. The predicted octanol–water partition coefficient (Wildman–Crippen LogP) is -0.712. The largest absolute Gasteiger partial charge is 0.481 e. The molecule has 1 aromatic heterocycles. The molecule has 2 amide bonds. The second-order valence-electron chi connectivity index (χ2n) is 4.38. The van der Waals surface area contributed by atoms with E-state index in [0.717, 1.165) is 0 Å². The van der Waals surface area contributed by atoms with E-state index in [1.165, 1.54) is 24.1 Å². The van der Waals surface area contributed by atoms with E-state index in [2.05, 4.69) is 15.7 Å². The first-order chi connectivity index (χ1) is 9.01. The highest BCUT2D eigenvalue weighted by Gasteiger charge is 2.48. The van der Waals surface area contributed by atoms with Crippen LogP contribution in [0.25, 0.3) is 0 Å². The number of likely N-dealkylation sites (N-methyl/N-ethyl adjacent to an activating group) is 1. The molecule has 8 nitrogen and oxygen atoms in total. The minimum absolute atomic E-state index is 0.0630. The summed E-state index contributed by atoms with van der Waals surface area (Å²) in [6.07, 6.45) is 3.30. The highest BCUT2D eigenvalue weighted by atomic mass is 16.4. The molecule has 0 spiro atoms. The lowest BCUT2D eigenvalue weighted by Gasteiger charge is -2.01. The van der Waals surface area contributed by atoms with Gasteiger partial charge in [0.2, 0.25) is 11.8 Å². The molecule has 0 radical (unpaired) electrons. The fourth-order valence-electron chi connectivity index (χ4n) is 1.73. The highest BCUT2D eigenvalue weighted by molar-refractivity contribution is 5.98. The number of hydrogen-bond acceptors (Lipinski definition) is 4. The third-order valence-corrected chi connectivity index (χ3v) is 2.93. The predicted molar refractivity (Wildman–Crippen MR) is 64.2 cm³/mol. The molecule has 0 aromatic carbocycles. The van der Waals surface area contributed by atoms with Gasteiger partial charge in [0.1, 0.15) is 6.54 Å². The number of carboxylic acid groups (broad SMARTS) is 1. The Balaban J connectivity index is 1.88. The average Bonchev–Trinajstić information content (AvgIpc) is 3.07. The SMILES string of the molecule is CNC(=O)Cn1cc(NC(=O)[C@@H]2C[C@@H]2C(=O)O)cn1. The Morgan fingerprint density at radius 1 is 1.47 bits per heavy atom. The number of hydrogen-bond donors (Lipinski definition) is 3. The van der Waals surface area contributed by atoms with Gasteiger partial charge in [0.15, 0.2) is 0 Å². The second-order valence-corrected chi connectivity index (χ2v) is 4.38. The first-order valence-corrected chi connectivity index (χ1v) is 5.78. The lowest BCUT2D eigenvalue weighted by Crippen LogP contribution is -2.23. The summed E-state index contributed by atoms with van der Waals surface area (Å²) < 4.78 is 1.38. The molecule has 3 N–H and O–H groups in total. The number of nitrogens with zero attached hydrogens (tertiary/aromatic N) is 2. The lowest BCUT2D eigenvalue weighted by atomic mass is 10.3. The van der Waals surface area contributed by atoms with Crippen molar-refractivity contribution in [3.05, 3.63) is 12.4 Å². The number of carboxylic acids is 1. The van der Waals surface area contributed by atoms with Gasteiger partial charge < -0.3 is 15.7 Å². The summed E-state index contributed by atoms with van der Waals surface area (Å²) in [5.74, 6) is -2.53. The van der Waals surface area contributed by atoms with Gasteiger partial charge in [-0.15, -0.1) is 0 Å². The Kier molecular flexibility index (Phi) is 3.50. The third-order valence-electron chi connectivity index (χ3n) is 2.93. The molecule has 19 heavy (non-hydrogen) atoms. The number of rotatable bonds is 5. The average molecular weight is 266 g/mol. The van der Waals surface area contributed by atoms with Crippen LogP contribution in [0, 0.1) is 11.8 Å². The number of carbonyl (C=O) groups is 3. The van der Waals surface area contributed by atoms with E-state index in [9.17, 15) is 14.4 Å². The van der Waals surface area contributed by atoms with Crippen LogP contribution in [-0.2, 0) is 20.9 Å². The molecule has 102 valence electrons. The first kappa shape index (κ1) is 13.1. The number of aromatic nitrogens is 2. The van der Waals surface area contributed by atoms with Crippen molar-refractivity contribution in [2.75, 3.05) is 12.4 Å². The van der Waals surface area contributed by atoms with Crippen molar-refractivity contribution in [2.45, 2.75) is 13.0 Å². The molecular weight excluding hydrogens is 252 g/mol. The van der Waals surface area contributed by atoms with E-state index in [0.29, 0.717) is 12.1 Å². The zero-order chi connectivity index (χ0) is 14.0. The normalized spacial score (nSPS) is 20.7. The summed E-state index contributed by atoms with van der Waals surface area (Å²) in [6.45, 7) is 0.0630. The van der Waals surface area contributed by atoms with Crippen LogP contribution in [0.4, 0.5) is 5.69 Å². The molecule has 0 bridgehead atoms. The van der Waals surface area contributed by atoms with Gasteiger partial charge in [0, 0.05) is 13.2 Å². The van der Waals surface area contributed by atoms with Gasteiger partial charge in [-0.2, -0.15) is 5.10 Å². The van der Waals surface area contributed by atoms with Crippen molar-refractivity contribution in [1.29, 1.82) is 0 Å². The van der Waals surface area contributed by atoms with E-state index in [1.54, 1.807) is 0 Å². The van der Waals surface area contributed by atoms with E-state index < -0.39 is 17.8 Å². The number of nitrogens with one attached hydrogen (secondary N) is 2. The molecule has 1 fully saturated rings. The summed E-state index contributed by atoms with van der Waals surface area (Å²) in [6, 6.07) is 0. The topological polar surface area (TPSA) is 113 Å². The van der Waals surface area contributed by atoms with Gasteiger partial charge in [-0.3, -0.25) is 19.1 Å². The minimum Gasteiger partial charge on any atom is -0.481 e. The number of carbonyl (C=O) groups excluding carboxylic acids is 2. The Morgan fingerprint density at radius 3 is 2.79 bits per heavy atom. The van der Waals surface area contributed by atoms with Gasteiger partial charge in [-0.05, 0) is 6.42 Å². The monoisotopic (exact) mass is 266 g/mol. The van der Waals surface area contributed by atoms with Gasteiger partial charge in [0.25, 0.3) is 0 Å². The van der Waals surface area contributed by atoms with Gasteiger partial charge in [-0.25, -0.2) is 0 Å². The minimum atomic E-state index is -0.949. The van der Waals surface area contributed by atoms with E-state index in [4.69, 9.17) is 5.11 Å². The maximum Gasteiger partial charge on any atom is 0.307 e. The zero-order valence-corrected chi connectivity index (χ0v) is 10.3. The number of anilines is 1. The fraction of sp³-hybridized carbons (Fsp3) is 0.455. The van der Waals surface area contributed by atoms with Crippen molar-refractivity contribution >= 4 is 23.5 Å². The molecule has 1 saturated carbocycles. The molecule has 1 heterocycles. The maximum atomic E-state index is 11.7. The van der Waals surface area contributed by atoms with Crippen molar-refractivity contribution in [1.82, 2.24) is 15.1 Å². The van der Waals surface area contributed by atoms with Crippen molar-refractivity contribution in [3.8, 4) is 0 Å². The highest BCUT2D eigenvalue weighted by Crippen LogP contribution is 2.39. The van der Waals surface area contributed by atoms with Crippen LogP contribution < -0.4 is 10.6 Å². The summed E-state index contributed by atoms with van der Waals surface area (Å²) in [4.78, 5) is 33.5. The molecule has 1 aliphatic rings. The van der Waals surface area contributed by atoms with Crippen LogP contribution in [0.3, 0.4) is 0 Å².